The van der Waals surface area contributed by atoms with E-state index in [1.807, 2.05) is 0 Å². The van der Waals surface area contributed by atoms with E-state index in [9.17, 15) is 35.2 Å². The van der Waals surface area contributed by atoms with Crippen LogP contribution in [-0.2, 0) is 24.3 Å². The van der Waals surface area contributed by atoms with Gasteiger partial charge in [-0.25, -0.2) is 12.7 Å². The Morgan fingerprint density at radius 3 is 2.03 bits per heavy atom. The molecule has 0 bridgehead atoms. The molecule has 2 fully saturated rings. The molecule has 2 heterocycles. The summed E-state index contributed by atoms with van der Waals surface area (Å²) in [6.45, 7) is 5.94. The zero-order chi connectivity index (χ0) is 26.5. The summed E-state index contributed by atoms with van der Waals surface area (Å²) in [5, 5.41) is 0. The molecule has 35 heavy (non-hydrogen) atoms. The van der Waals surface area contributed by atoms with Crippen LogP contribution in [0.2, 0.25) is 0 Å². The lowest BCUT2D eigenvalue weighted by Gasteiger charge is -2.41. The molecule has 0 saturated carbocycles. The van der Waals surface area contributed by atoms with Crippen molar-refractivity contribution in [1.29, 1.82) is 0 Å². The Hall–Kier alpha value is -1.01. The number of piperidine rings is 1. The van der Waals surface area contributed by atoms with Crippen LogP contribution in [0, 0.1) is 5.92 Å². The number of sulfonamides is 1. The maximum Gasteiger partial charge on any atom is 0.453 e. The molecule has 0 aromatic carbocycles. The zero-order valence-electron chi connectivity index (χ0n) is 20.8. The number of rotatable bonds is 10. The molecule has 6 nitrogen and oxygen atoms in total. The number of halogens is 5. The molecule has 0 atom stereocenters. The number of esters is 1. The Labute approximate surface area is 204 Å². The average molecular weight is 536 g/mol. The summed E-state index contributed by atoms with van der Waals surface area (Å²) in [7, 11) is -3.98. The van der Waals surface area contributed by atoms with Gasteiger partial charge in [-0.3, -0.25) is 4.79 Å². The third-order valence-corrected chi connectivity index (χ3v) is 9.35. The Morgan fingerprint density at radius 1 is 0.971 bits per heavy atom. The Balaban J connectivity index is 1.84. The molecule has 2 aliphatic rings. The van der Waals surface area contributed by atoms with Crippen LogP contribution in [0.25, 0.3) is 0 Å². The summed E-state index contributed by atoms with van der Waals surface area (Å²) >= 11 is 0. The van der Waals surface area contributed by atoms with Crippen LogP contribution in [0.15, 0.2) is 0 Å². The summed E-state index contributed by atoms with van der Waals surface area (Å²) in [6, 6.07) is 0. The third-order valence-electron chi connectivity index (χ3n) is 6.75. The monoisotopic (exact) mass is 535 g/mol. The Morgan fingerprint density at radius 2 is 1.51 bits per heavy atom. The van der Waals surface area contributed by atoms with Crippen LogP contribution in [0.5, 0.6) is 0 Å². The summed E-state index contributed by atoms with van der Waals surface area (Å²) in [5.41, 5.74) is -0.826. The van der Waals surface area contributed by atoms with Gasteiger partial charge in [0.15, 0.2) is 4.75 Å². The van der Waals surface area contributed by atoms with Gasteiger partial charge in [0.25, 0.3) is 0 Å². The van der Waals surface area contributed by atoms with E-state index < -0.39 is 44.9 Å². The molecule has 0 spiro atoms. The fraction of sp³-hybridized carbons (Fsp3) is 0.957. The van der Waals surface area contributed by atoms with Crippen molar-refractivity contribution in [3.05, 3.63) is 0 Å². The van der Waals surface area contributed by atoms with E-state index in [0.29, 0.717) is 32.1 Å². The topological polar surface area (TPSA) is 72.9 Å². The second-order valence-electron chi connectivity index (χ2n) is 10.6. The first-order valence-electron chi connectivity index (χ1n) is 12.3. The summed E-state index contributed by atoms with van der Waals surface area (Å²) in [4.78, 5) is 13.0. The van der Waals surface area contributed by atoms with Crippen molar-refractivity contribution in [2.75, 3.05) is 26.3 Å². The van der Waals surface area contributed by atoms with Crippen molar-refractivity contribution >= 4 is 16.0 Å². The Kier molecular flexibility index (Phi) is 10.00. The minimum absolute atomic E-state index is 0.0392. The second-order valence-corrected chi connectivity index (χ2v) is 12.9. The molecule has 2 aliphatic heterocycles. The number of hydrogen-bond acceptors (Lipinski definition) is 5. The highest BCUT2D eigenvalue weighted by atomic mass is 32.2. The SMILES string of the molecule is CC(C)(C)OC(=O)C1(S(=O)(=O)N2CCC(CCCCCCC(F)(F)C(F)(F)F)CC2)CCOCC1. The quantitative estimate of drug-likeness (QED) is 0.211. The molecule has 12 heteroatoms. The number of unbranched alkanes of at least 4 members (excludes halogenated alkanes) is 3. The van der Waals surface area contributed by atoms with E-state index in [-0.39, 0.29) is 51.5 Å². The van der Waals surface area contributed by atoms with Gasteiger partial charge in [-0.05, 0) is 46.0 Å². The predicted octanol–water partition coefficient (Wildman–Crippen LogP) is 5.46. The van der Waals surface area contributed by atoms with E-state index in [1.165, 1.54) is 4.31 Å². The highest BCUT2D eigenvalue weighted by Crippen LogP contribution is 2.40. The lowest BCUT2D eigenvalue weighted by atomic mass is 9.92. The lowest BCUT2D eigenvalue weighted by Crippen LogP contribution is -2.59. The first-order chi connectivity index (χ1) is 16.0. The number of ether oxygens (including phenoxy) is 2. The number of carbonyl (C=O) groups is 1. The molecular formula is C23H38F5NO5S. The van der Waals surface area contributed by atoms with Gasteiger partial charge in [0.05, 0.1) is 0 Å². The van der Waals surface area contributed by atoms with Gasteiger partial charge in [-0.2, -0.15) is 22.0 Å². The first-order valence-corrected chi connectivity index (χ1v) is 13.7. The van der Waals surface area contributed by atoms with Gasteiger partial charge >= 0.3 is 18.1 Å². The number of hydrogen-bond donors (Lipinski definition) is 0. The summed E-state index contributed by atoms with van der Waals surface area (Å²) in [5.74, 6) is -5.15. The first kappa shape index (κ1) is 30.2. The van der Waals surface area contributed by atoms with E-state index in [0.717, 1.165) is 6.42 Å². The highest BCUT2D eigenvalue weighted by molar-refractivity contribution is 7.91. The molecule has 0 N–H and O–H groups in total. The molecule has 0 amide bonds. The fourth-order valence-corrected chi connectivity index (χ4v) is 6.72. The van der Waals surface area contributed by atoms with Crippen LogP contribution >= 0.6 is 0 Å². The van der Waals surface area contributed by atoms with Crippen LogP contribution in [-0.4, -0.2) is 67.4 Å². The van der Waals surface area contributed by atoms with Crippen LogP contribution < -0.4 is 0 Å². The van der Waals surface area contributed by atoms with Gasteiger partial charge in [0.1, 0.15) is 5.60 Å². The number of carbonyl (C=O) groups excluding carboxylic acids is 1. The van der Waals surface area contributed by atoms with Crippen molar-refractivity contribution in [3.8, 4) is 0 Å². The van der Waals surface area contributed by atoms with Gasteiger partial charge in [-0.1, -0.05) is 25.7 Å². The molecule has 0 unspecified atom stereocenters. The molecule has 2 saturated heterocycles. The highest BCUT2D eigenvalue weighted by Gasteiger charge is 2.57. The van der Waals surface area contributed by atoms with Crippen LogP contribution in [0.4, 0.5) is 22.0 Å². The van der Waals surface area contributed by atoms with E-state index in [2.05, 4.69) is 0 Å². The van der Waals surface area contributed by atoms with Gasteiger partial charge in [-0.15, -0.1) is 0 Å². The van der Waals surface area contributed by atoms with Crippen molar-refractivity contribution in [2.45, 2.75) is 107 Å². The van der Waals surface area contributed by atoms with Gasteiger partial charge in [0, 0.05) is 45.6 Å². The standard InChI is InChI=1S/C23H38F5NO5S/c1-20(2,3)34-19(30)21(12-16-33-17-13-21)35(31,32)29-14-9-18(10-15-29)8-6-4-5-7-11-22(24,25)23(26,27)28/h18H,4-17H2,1-3H3. The lowest BCUT2D eigenvalue weighted by molar-refractivity contribution is -0.284. The van der Waals surface area contributed by atoms with Crippen molar-refractivity contribution < 1.29 is 44.6 Å². The molecule has 206 valence electrons. The fourth-order valence-electron chi connectivity index (χ4n) is 4.60. The maximum atomic E-state index is 13.6. The summed E-state index contributed by atoms with van der Waals surface area (Å²) < 4.78 is 100. The van der Waals surface area contributed by atoms with Gasteiger partial charge in [0.2, 0.25) is 10.0 Å². The van der Waals surface area contributed by atoms with E-state index >= 15 is 0 Å². The predicted molar refractivity (Wildman–Crippen MR) is 121 cm³/mol. The second kappa shape index (κ2) is 11.6. The third kappa shape index (κ3) is 7.74. The normalized spacial score (nSPS) is 21.1. The van der Waals surface area contributed by atoms with E-state index in [4.69, 9.17) is 9.47 Å². The van der Waals surface area contributed by atoms with Crippen LogP contribution in [0.1, 0.15) is 85.0 Å². The largest absolute Gasteiger partial charge is 0.459 e. The number of nitrogens with zero attached hydrogens (tertiary/aromatic N) is 1. The van der Waals surface area contributed by atoms with Crippen LogP contribution in [0.3, 0.4) is 0 Å². The Bertz CT molecular complexity index is 796. The maximum absolute atomic E-state index is 13.6. The summed E-state index contributed by atoms with van der Waals surface area (Å²) in [6.07, 6.45) is -3.32. The molecule has 0 aromatic rings. The van der Waals surface area contributed by atoms with Crippen molar-refractivity contribution in [3.63, 3.8) is 0 Å². The molecule has 0 radical (unpaired) electrons. The average Bonchev–Trinajstić information content (AvgIpc) is 2.75. The smallest absolute Gasteiger partial charge is 0.453 e. The van der Waals surface area contributed by atoms with Crippen molar-refractivity contribution in [1.82, 2.24) is 4.31 Å². The molecule has 0 aromatic heterocycles. The van der Waals surface area contributed by atoms with Crippen molar-refractivity contribution in [2.24, 2.45) is 5.92 Å². The van der Waals surface area contributed by atoms with Gasteiger partial charge < -0.3 is 9.47 Å². The molecule has 0 aliphatic carbocycles. The number of alkyl halides is 5. The molecular weight excluding hydrogens is 497 g/mol. The zero-order valence-corrected chi connectivity index (χ0v) is 21.6. The molecule has 2 rings (SSSR count). The minimum Gasteiger partial charge on any atom is -0.459 e. The minimum atomic E-state index is -5.51. The van der Waals surface area contributed by atoms with E-state index in [1.54, 1.807) is 20.8 Å².